The van der Waals surface area contributed by atoms with E-state index >= 15 is 0 Å². The SMILES string of the molecule is Fc1ccc(/C=C2\CCC3=C2C(c2ccc(F)cc2)NC(=S)N3)cc1. The van der Waals surface area contributed by atoms with E-state index in [1.165, 1.54) is 29.8 Å². The molecule has 1 unspecified atom stereocenters. The fraction of sp³-hybridized carbons (Fsp3) is 0.150. The van der Waals surface area contributed by atoms with Gasteiger partial charge in [0, 0.05) is 11.3 Å². The Kier molecular flexibility index (Phi) is 4.09. The van der Waals surface area contributed by atoms with Crippen LogP contribution in [0.1, 0.15) is 30.0 Å². The molecule has 4 rings (SSSR count). The van der Waals surface area contributed by atoms with Gasteiger partial charge in [-0.1, -0.05) is 30.3 Å². The van der Waals surface area contributed by atoms with Gasteiger partial charge in [-0.2, -0.15) is 0 Å². The molecule has 0 saturated carbocycles. The number of nitrogens with one attached hydrogen (secondary N) is 2. The molecule has 2 aromatic carbocycles. The van der Waals surface area contributed by atoms with Crippen LogP contribution < -0.4 is 10.6 Å². The van der Waals surface area contributed by atoms with Crippen LogP contribution in [0.3, 0.4) is 0 Å². The molecule has 1 atom stereocenters. The third-order valence-corrected chi connectivity index (χ3v) is 4.78. The molecule has 1 aliphatic heterocycles. The zero-order valence-corrected chi connectivity index (χ0v) is 14.2. The maximum Gasteiger partial charge on any atom is 0.171 e. The van der Waals surface area contributed by atoms with Crippen molar-refractivity contribution in [2.24, 2.45) is 0 Å². The number of hydrogen-bond acceptors (Lipinski definition) is 1. The second-order valence-electron chi connectivity index (χ2n) is 6.20. The lowest BCUT2D eigenvalue weighted by Gasteiger charge is -2.30. The lowest BCUT2D eigenvalue weighted by molar-refractivity contribution is 0.624. The third kappa shape index (κ3) is 3.20. The minimum Gasteiger partial charge on any atom is -0.351 e. The topological polar surface area (TPSA) is 24.1 Å². The molecule has 0 radical (unpaired) electrons. The Hall–Kier alpha value is -2.53. The predicted octanol–water partition coefficient (Wildman–Crippen LogP) is 4.62. The zero-order chi connectivity index (χ0) is 17.4. The molecule has 0 bridgehead atoms. The molecule has 0 aromatic heterocycles. The van der Waals surface area contributed by atoms with E-state index in [2.05, 4.69) is 16.7 Å². The van der Waals surface area contributed by atoms with Gasteiger partial charge in [0.1, 0.15) is 11.6 Å². The van der Waals surface area contributed by atoms with Gasteiger partial charge in [-0.05, 0) is 66.0 Å². The normalized spacial score (nSPS) is 21.1. The maximum atomic E-state index is 13.3. The molecule has 2 N–H and O–H groups in total. The number of hydrogen-bond donors (Lipinski definition) is 2. The van der Waals surface area contributed by atoms with E-state index in [-0.39, 0.29) is 17.7 Å². The molecular weight excluding hydrogens is 338 g/mol. The largest absolute Gasteiger partial charge is 0.351 e. The van der Waals surface area contributed by atoms with Crippen molar-refractivity contribution < 1.29 is 8.78 Å². The van der Waals surface area contributed by atoms with Crippen molar-refractivity contribution in [1.29, 1.82) is 0 Å². The van der Waals surface area contributed by atoms with Gasteiger partial charge in [0.15, 0.2) is 5.11 Å². The van der Waals surface area contributed by atoms with E-state index in [1.807, 2.05) is 0 Å². The van der Waals surface area contributed by atoms with Gasteiger partial charge in [-0.3, -0.25) is 0 Å². The fourth-order valence-electron chi connectivity index (χ4n) is 3.40. The molecule has 0 spiro atoms. The maximum absolute atomic E-state index is 13.3. The molecule has 0 saturated heterocycles. The molecule has 1 aliphatic carbocycles. The summed E-state index contributed by atoms with van der Waals surface area (Å²) in [7, 11) is 0. The number of benzene rings is 2. The zero-order valence-electron chi connectivity index (χ0n) is 13.4. The van der Waals surface area contributed by atoms with Crippen LogP contribution in [0.2, 0.25) is 0 Å². The Balaban J connectivity index is 1.75. The van der Waals surface area contributed by atoms with Crippen molar-refractivity contribution in [3.05, 3.63) is 88.1 Å². The monoisotopic (exact) mass is 354 g/mol. The van der Waals surface area contributed by atoms with Gasteiger partial charge in [0.05, 0.1) is 6.04 Å². The lowest BCUT2D eigenvalue weighted by Crippen LogP contribution is -2.42. The molecular formula is C20H16F2N2S. The Bertz CT molecular complexity index is 883. The number of thiocarbonyl (C=S) groups is 1. The second kappa shape index (κ2) is 6.41. The third-order valence-electron chi connectivity index (χ3n) is 4.56. The highest BCUT2D eigenvalue weighted by Gasteiger charge is 2.32. The first-order valence-electron chi connectivity index (χ1n) is 8.13. The highest BCUT2D eigenvalue weighted by atomic mass is 32.1. The van der Waals surface area contributed by atoms with E-state index < -0.39 is 0 Å². The summed E-state index contributed by atoms with van der Waals surface area (Å²) in [4.78, 5) is 0. The van der Waals surface area contributed by atoms with Crippen molar-refractivity contribution in [3.8, 4) is 0 Å². The minimum atomic E-state index is -0.261. The highest BCUT2D eigenvalue weighted by molar-refractivity contribution is 7.80. The van der Waals surface area contributed by atoms with Crippen molar-refractivity contribution in [2.45, 2.75) is 18.9 Å². The van der Waals surface area contributed by atoms with Crippen LogP contribution >= 0.6 is 12.2 Å². The fourth-order valence-corrected chi connectivity index (χ4v) is 3.65. The van der Waals surface area contributed by atoms with Gasteiger partial charge >= 0.3 is 0 Å². The summed E-state index contributed by atoms with van der Waals surface area (Å²) in [6.45, 7) is 0. The summed E-state index contributed by atoms with van der Waals surface area (Å²) in [6, 6.07) is 12.8. The first-order valence-corrected chi connectivity index (χ1v) is 8.53. The van der Waals surface area contributed by atoms with Crippen LogP contribution in [-0.4, -0.2) is 5.11 Å². The summed E-state index contributed by atoms with van der Waals surface area (Å²) in [6.07, 6.45) is 3.84. The first-order chi connectivity index (χ1) is 12.1. The summed E-state index contributed by atoms with van der Waals surface area (Å²) in [5, 5.41) is 7.11. The molecule has 25 heavy (non-hydrogen) atoms. The Morgan fingerprint density at radius 2 is 1.56 bits per heavy atom. The van der Waals surface area contributed by atoms with Gasteiger partial charge in [-0.15, -0.1) is 0 Å². The van der Waals surface area contributed by atoms with E-state index in [9.17, 15) is 8.78 Å². The van der Waals surface area contributed by atoms with Crippen LogP contribution in [-0.2, 0) is 0 Å². The average molecular weight is 354 g/mol. The summed E-state index contributed by atoms with van der Waals surface area (Å²) in [5.74, 6) is -0.507. The standard InChI is InChI=1S/C20H16F2N2S/c21-15-6-1-12(2-7-15)11-14-5-10-17-18(14)19(24-20(25)23-17)13-3-8-16(22)9-4-13/h1-4,6-9,11,19H,5,10H2,(H2,23,24,25)/b14-11+. The van der Waals surface area contributed by atoms with Crippen molar-refractivity contribution in [2.75, 3.05) is 0 Å². The molecule has 1 heterocycles. The Morgan fingerprint density at radius 3 is 2.24 bits per heavy atom. The van der Waals surface area contributed by atoms with E-state index in [1.54, 1.807) is 24.3 Å². The predicted molar refractivity (Wildman–Crippen MR) is 98.6 cm³/mol. The van der Waals surface area contributed by atoms with E-state index in [0.29, 0.717) is 5.11 Å². The summed E-state index contributed by atoms with van der Waals surface area (Å²) < 4.78 is 26.4. The van der Waals surface area contributed by atoms with Crippen LogP contribution in [0.15, 0.2) is 65.4 Å². The van der Waals surface area contributed by atoms with Crippen LogP contribution in [0.25, 0.3) is 6.08 Å². The molecule has 2 aromatic rings. The number of halogens is 2. The lowest BCUT2D eigenvalue weighted by atomic mass is 9.92. The minimum absolute atomic E-state index is 0.112. The number of allylic oxidation sites excluding steroid dienone is 1. The molecule has 126 valence electrons. The van der Waals surface area contributed by atoms with Crippen molar-refractivity contribution in [3.63, 3.8) is 0 Å². The van der Waals surface area contributed by atoms with Crippen LogP contribution in [0, 0.1) is 11.6 Å². The van der Waals surface area contributed by atoms with Gasteiger partial charge in [0.25, 0.3) is 0 Å². The van der Waals surface area contributed by atoms with E-state index in [0.717, 1.165) is 35.2 Å². The van der Waals surface area contributed by atoms with Crippen molar-refractivity contribution in [1.82, 2.24) is 10.6 Å². The average Bonchev–Trinajstić information content (AvgIpc) is 2.99. The van der Waals surface area contributed by atoms with Gasteiger partial charge in [-0.25, -0.2) is 8.78 Å². The van der Waals surface area contributed by atoms with Crippen LogP contribution in [0.5, 0.6) is 0 Å². The smallest absolute Gasteiger partial charge is 0.171 e. The molecule has 0 fully saturated rings. The molecule has 2 nitrogen and oxygen atoms in total. The van der Waals surface area contributed by atoms with Crippen LogP contribution in [0.4, 0.5) is 8.78 Å². The van der Waals surface area contributed by atoms with Gasteiger partial charge in [0.2, 0.25) is 0 Å². The molecule has 0 amide bonds. The van der Waals surface area contributed by atoms with E-state index in [4.69, 9.17) is 12.2 Å². The van der Waals surface area contributed by atoms with Gasteiger partial charge < -0.3 is 10.6 Å². The Morgan fingerprint density at radius 1 is 0.920 bits per heavy atom. The first kappa shape index (κ1) is 16.0. The summed E-state index contributed by atoms with van der Waals surface area (Å²) in [5.41, 5.74) is 5.34. The number of rotatable bonds is 2. The highest BCUT2D eigenvalue weighted by Crippen LogP contribution is 2.41. The second-order valence-corrected chi connectivity index (χ2v) is 6.60. The molecule has 5 heteroatoms. The quantitative estimate of drug-likeness (QED) is 0.770. The summed E-state index contributed by atoms with van der Waals surface area (Å²) >= 11 is 5.32. The Labute approximate surface area is 150 Å². The van der Waals surface area contributed by atoms with Crippen molar-refractivity contribution >= 4 is 23.4 Å². The molecule has 2 aliphatic rings.